The van der Waals surface area contributed by atoms with Crippen molar-refractivity contribution in [2.24, 2.45) is 0 Å². The molecular weight excluding hydrogens is 386 g/mol. The van der Waals surface area contributed by atoms with Crippen LogP contribution in [0.3, 0.4) is 0 Å². The van der Waals surface area contributed by atoms with Gasteiger partial charge in [-0.05, 0) is 66.6 Å². The number of nitrogens with zero attached hydrogens (tertiary/aromatic N) is 1. The highest BCUT2D eigenvalue weighted by atomic mass is 35.5. The van der Waals surface area contributed by atoms with Crippen LogP contribution in [-0.2, 0) is 5.41 Å². The third kappa shape index (κ3) is 2.24. The molecule has 0 saturated heterocycles. The predicted octanol–water partition coefficient (Wildman–Crippen LogP) is 5.72. The van der Waals surface area contributed by atoms with Crippen molar-refractivity contribution in [1.82, 2.24) is 0 Å². The molecule has 4 nitrogen and oxygen atoms in total. The standard InChI is InChI=1S/C24H20ClNO3/c1-23(2)19-13-15(25)8-9-20(19)26(3)24(23)11-10-17-16-7-5-4-6-14(16)12-18(22(27)28)21(17)29-24/h4-13H,1-3H3,(H,27,28). The van der Waals surface area contributed by atoms with E-state index in [-0.39, 0.29) is 5.56 Å². The number of halogens is 1. The van der Waals surface area contributed by atoms with E-state index in [0.717, 1.165) is 27.6 Å². The molecule has 0 fully saturated rings. The Morgan fingerprint density at radius 2 is 1.90 bits per heavy atom. The summed E-state index contributed by atoms with van der Waals surface area (Å²) >= 11 is 6.28. The summed E-state index contributed by atoms with van der Waals surface area (Å²) in [4.78, 5) is 14.2. The molecule has 0 aromatic heterocycles. The molecule has 1 spiro atoms. The summed E-state index contributed by atoms with van der Waals surface area (Å²) in [5.41, 5.74) is 1.73. The van der Waals surface area contributed by atoms with Crippen molar-refractivity contribution in [2.45, 2.75) is 25.0 Å². The summed E-state index contributed by atoms with van der Waals surface area (Å²) in [6.45, 7) is 4.20. The van der Waals surface area contributed by atoms with Gasteiger partial charge in [-0.25, -0.2) is 4.79 Å². The molecule has 29 heavy (non-hydrogen) atoms. The highest BCUT2D eigenvalue weighted by Gasteiger charge is 2.58. The smallest absolute Gasteiger partial charge is 0.339 e. The molecule has 1 unspecified atom stereocenters. The molecule has 0 aliphatic carbocycles. The number of aromatic carboxylic acids is 1. The third-order valence-electron chi connectivity index (χ3n) is 6.39. The number of carboxylic acid groups (broad SMARTS) is 1. The number of likely N-dealkylation sites (N-methyl/N-ethyl adjacent to an activating group) is 1. The van der Waals surface area contributed by atoms with E-state index in [0.29, 0.717) is 10.8 Å². The molecule has 1 atom stereocenters. The maximum Gasteiger partial charge on any atom is 0.339 e. The van der Waals surface area contributed by atoms with Gasteiger partial charge in [-0.2, -0.15) is 0 Å². The fourth-order valence-electron chi connectivity index (χ4n) is 4.79. The number of hydrogen-bond acceptors (Lipinski definition) is 3. The first-order valence-electron chi connectivity index (χ1n) is 9.47. The van der Waals surface area contributed by atoms with Gasteiger partial charge in [0, 0.05) is 23.3 Å². The van der Waals surface area contributed by atoms with Gasteiger partial charge >= 0.3 is 5.97 Å². The summed E-state index contributed by atoms with van der Waals surface area (Å²) in [6.07, 6.45) is 4.04. The fraction of sp³-hybridized carbons (Fsp3) is 0.208. The molecule has 2 heterocycles. The van der Waals surface area contributed by atoms with Crippen molar-refractivity contribution >= 4 is 40.1 Å². The maximum atomic E-state index is 12.1. The van der Waals surface area contributed by atoms with Gasteiger partial charge in [-0.15, -0.1) is 0 Å². The Hall–Kier alpha value is -2.98. The number of carboxylic acids is 1. The zero-order valence-corrected chi connectivity index (χ0v) is 17.1. The fourth-order valence-corrected chi connectivity index (χ4v) is 4.96. The SMILES string of the molecule is CN1c2ccc(Cl)cc2C(C)(C)C12C=Cc1c(c(C(=O)O)cc3ccccc13)O2. The lowest BCUT2D eigenvalue weighted by atomic mass is 9.76. The van der Waals surface area contributed by atoms with Crippen LogP contribution < -0.4 is 9.64 Å². The highest BCUT2D eigenvalue weighted by molar-refractivity contribution is 6.30. The van der Waals surface area contributed by atoms with Gasteiger partial charge in [-0.1, -0.05) is 35.9 Å². The van der Waals surface area contributed by atoms with Crippen molar-refractivity contribution in [2.75, 3.05) is 11.9 Å². The Kier molecular flexibility index (Phi) is 3.60. The first-order chi connectivity index (χ1) is 13.8. The van der Waals surface area contributed by atoms with Crippen LogP contribution in [0, 0.1) is 0 Å². The van der Waals surface area contributed by atoms with E-state index in [1.165, 1.54) is 0 Å². The Labute approximate surface area is 174 Å². The summed E-state index contributed by atoms with van der Waals surface area (Å²) in [6, 6.07) is 15.3. The van der Waals surface area contributed by atoms with E-state index in [1.54, 1.807) is 6.07 Å². The number of hydrogen-bond donors (Lipinski definition) is 1. The monoisotopic (exact) mass is 405 g/mol. The number of anilines is 1. The van der Waals surface area contributed by atoms with E-state index in [2.05, 4.69) is 18.7 Å². The Morgan fingerprint density at radius 3 is 2.66 bits per heavy atom. The zero-order chi connectivity index (χ0) is 20.6. The van der Waals surface area contributed by atoms with Crippen LogP contribution in [0.5, 0.6) is 5.75 Å². The van der Waals surface area contributed by atoms with Crippen LogP contribution in [-0.4, -0.2) is 23.8 Å². The lowest BCUT2D eigenvalue weighted by Crippen LogP contribution is -2.58. The molecule has 3 aromatic carbocycles. The molecule has 0 saturated carbocycles. The highest BCUT2D eigenvalue weighted by Crippen LogP contribution is 2.55. The topological polar surface area (TPSA) is 49.8 Å². The second-order valence-electron chi connectivity index (χ2n) is 8.17. The number of benzene rings is 3. The largest absolute Gasteiger partial charge is 0.478 e. The molecule has 5 heteroatoms. The van der Waals surface area contributed by atoms with Gasteiger partial charge in [0.2, 0.25) is 5.72 Å². The average Bonchev–Trinajstić information content (AvgIpc) is 2.85. The lowest BCUT2D eigenvalue weighted by Gasteiger charge is -2.46. The van der Waals surface area contributed by atoms with E-state index >= 15 is 0 Å². The molecule has 2 aliphatic rings. The Balaban J connectivity index is 1.77. The van der Waals surface area contributed by atoms with E-state index in [9.17, 15) is 9.90 Å². The number of fused-ring (bicyclic) bond motifs is 4. The summed E-state index contributed by atoms with van der Waals surface area (Å²) < 4.78 is 6.65. The van der Waals surface area contributed by atoms with E-state index in [1.807, 2.05) is 61.7 Å². The van der Waals surface area contributed by atoms with Crippen molar-refractivity contribution in [3.8, 4) is 5.75 Å². The van der Waals surface area contributed by atoms with Crippen molar-refractivity contribution in [3.05, 3.63) is 76.3 Å². The van der Waals surface area contributed by atoms with Crippen molar-refractivity contribution in [1.29, 1.82) is 0 Å². The van der Waals surface area contributed by atoms with Gasteiger partial charge in [0.1, 0.15) is 11.3 Å². The normalized spacial score (nSPS) is 21.2. The summed E-state index contributed by atoms with van der Waals surface area (Å²) in [5, 5.41) is 12.4. The van der Waals surface area contributed by atoms with E-state index in [4.69, 9.17) is 16.3 Å². The van der Waals surface area contributed by atoms with Gasteiger partial charge in [-0.3, -0.25) is 0 Å². The first kappa shape index (κ1) is 18.1. The number of carbonyl (C=O) groups is 1. The van der Waals surface area contributed by atoms with Crippen LogP contribution in [0.1, 0.15) is 35.3 Å². The van der Waals surface area contributed by atoms with Gasteiger partial charge in [0.15, 0.2) is 0 Å². The molecule has 2 aliphatic heterocycles. The quantitative estimate of drug-likeness (QED) is 0.562. The number of rotatable bonds is 1. The van der Waals surface area contributed by atoms with Crippen molar-refractivity contribution in [3.63, 3.8) is 0 Å². The second kappa shape index (κ2) is 5.77. The lowest BCUT2D eigenvalue weighted by molar-refractivity contribution is 0.0529. The first-order valence-corrected chi connectivity index (χ1v) is 9.85. The molecule has 0 amide bonds. The molecule has 0 radical (unpaired) electrons. The van der Waals surface area contributed by atoms with Gasteiger partial charge in [0.25, 0.3) is 0 Å². The van der Waals surface area contributed by atoms with Crippen LogP contribution >= 0.6 is 11.6 Å². The molecule has 0 bridgehead atoms. The van der Waals surface area contributed by atoms with Crippen LogP contribution in [0.4, 0.5) is 5.69 Å². The minimum absolute atomic E-state index is 0.167. The number of ether oxygens (including phenoxy) is 1. The Morgan fingerprint density at radius 1 is 1.14 bits per heavy atom. The third-order valence-corrected chi connectivity index (χ3v) is 6.63. The van der Waals surface area contributed by atoms with Crippen LogP contribution in [0.25, 0.3) is 16.8 Å². The van der Waals surface area contributed by atoms with Crippen LogP contribution in [0.15, 0.2) is 54.6 Å². The summed E-state index contributed by atoms with van der Waals surface area (Å²) in [5.74, 6) is -0.603. The van der Waals surface area contributed by atoms with Crippen LogP contribution in [0.2, 0.25) is 5.02 Å². The minimum atomic E-state index is -1.00. The predicted molar refractivity (Wildman–Crippen MR) is 116 cm³/mol. The minimum Gasteiger partial charge on any atom is -0.478 e. The second-order valence-corrected chi connectivity index (χ2v) is 8.61. The van der Waals surface area contributed by atoms with Gasteiger partial charge in [0.05, 0.1) is 5.41 Å². The Bertz CT molecular complexity index is 1230. The molecule has 1 N–H and O–H groups in total. The van der Waals surface area contributed by atoms with Crippen molar-refractivity contribution < 1.29 is 14.6 Å². The molecule has 3 aromatic rings. The average molecular weight is 406 g/mol. The molecular formula is C24H20ClNO3. The summed E-state index contributed by atoms with van der Waals surface area (Å²) in [7, 11) is 1.97. The van der Waals surface area contributed by atoms with E-state index < -0.39 is 17.1 Å². The maximum absolute atomic E-state index is 12.1. The molecule has 146 valence electrons. The molecule has 5 rings (SSSR count). The van der Waals surface area contributed by atoms with Gasteiger partial charge < -0.3 is 14.7 Å². The zero-order valence-electron chi connectivity index (χ0n) is 16.4.